The van der Waals surface area contributed by atoms with Gasteiger partial charge in [-0.15, -0.1) is 0 Å². The first-order chi connectivity index (χ1) is 7.13. The Kier molecular flexibility index (Phi) is 3.52. The number of nitrogens with zero attached hydrogens (tertiary/aromatic N) is 2. The van der Waals surface area contributed by atoms with Gasteiger partial charge in [0.25, 0.3) is 6.43 Å². The van der Waals surface area contributed by atoms with Crippen molar-refractivity contribution in [3.05, 3.63) is 22.9 Å². The normalized spacial score (nSPS) is 10.1. The highest BCUT2D eigenvalue weighted by Gasteiger charge is 2.17. The average Bonchev–Trinajstić information content (AvgIpc) is 2.26. The Bertz CT molecular complexity index is 402. The summed E-state index contributed by atoms with van der Waals surface area (Å²) in [6.07, 6.45) is -2.78. The van der Waals surface area contributed by atoms with E-state index < -0.39 is 18.7 Å². The van der Waals surface area contributed by atoms with Crippen LogP contribution in [0.3, 0.4) is 0 Å². The van der Waals surface area contributed by atoms with Crippen molar-refractivity contribution >= 4 is 0 Å². The largest absolute Gasteiger partial charge is 0.481 e. The Hall–Kier alpha value is -1.74. The van der Waals surface area contributed by atoms with Gasteiger partial charge in [-0.25, -0.2) is 13.8 Å². The van der Waals surface area contributed by atoms with E-state index in [2.05, 4.69) is 4.98 Å². The number of methoxy groups -OCH3 is 1. The van der Waals surface area contributed by atoms with E-state index in [4.69, 9.17) is 15.1 Å². The van der Waals surface area contributed by atoms with E-state index in [1.165, 1.54) is 7.11 Å². The van der Waals surface area contributed by atoms with E-state index in [0.717, 1.165) is 6.07 Å². The van der Waals surface area contributed by atoms with Crippen molar-refractivity contribution in [1.29, 1.82) is 5.26 Å². The minimum Gasteiger partial charge on any atom is -0.481 e. The molecule has 0 unspecified atom stereocenters. The smallest absolute Gasteiger partial charge is 0.280 e. The molecular weight excluding hydrogens is 206 g/mol. The second-order valence-corrected chi connectivity index (χ2v) is 2.65. The molecule has 0 spiro atoms. The van der Waals surface area contributed by atoms with Gasteiger partial charge in [0.1, 0.15) is 5.69 Å². The maximum atomic E-state index is 12.3. The topological polar surface area (TPSA) is 66.1 Å². The molecule has 1 aromatic heterocycles. The second-order valence-electron chi connectivity index (χ2n) is 2.65. The van der Waals surface area contributed by atoms with Gasteiger partial charge in [-0.1, -0.05) is 0 Å². The quantitative estimate of drug-likeness (QED) is 0.825. The van der Waals surface area contributed by atoms with E-state index in [9.17, 15) is 8.78 Å². The first-order valence-corrected chi connectivity index (χ1v) is 4.01. The molecule has 1 heterocycles. The number of hydrogen-bond acceptors (Lipinski definition) is 4. The third-order valence-electron chi connectivity index (χ3n) is 1.80. The van der Waals surface area contributed by atoms with Gasteiger partial charge in [0.05, 0.1) is 30.9 Å². The lowest BCUT2D eigenvalue weighted by Gasteiger charge is -2.09. The van der Waals surface area contributed by atoms with Crippen molar-refractivity contribution in [2.24, 2.45) is 0 Å². The predicted molar refractivity (Wildman–Crippen MR) is 46.4 cm³/mol. The summed E-state index contributed by atoms with van der Waals surface area (Å²) in [5, 5.41) is 17.6. The lowest BCUT2D eigenvalue weighted by Crippen LogP contribution is -2.02. The molecule has 4 nitrogen and oxygen atoms in total. The van der Waals surface area contributed by atoms with Crippen molar-refractivity contribution in [3.8, 4) is 11.9 Å². The molecular formula is C9H8F2N2O2. The minimum atomic E-state index is -2.78. The SMILES string of the molecule is COc1nc(C(F)F)cc(C#N)c1CO. The standard InChI is InChI=1S/C9H8F2N2O2/c1-15-9-6(4-14)5(3-12)2-7(13-9)8(10)11/h2,8,14H,4H2,1H3. The van der Waals surface area contributed by atoms with Crippen molar-refractivity contribution in [3.63, 3.8) is 0 Å². The number of alkyl halides is 2. The van der Waals surface area contributed by atoms with Crippen molar-refractivity contribution in [2.75, 3.05) is 7.11 Å². The second kappa shape index (κ2) is 4.66. The number of pyridine rings is 1. The van der Waals surface area contributed by atoms with Crippen LogP contribution in [0, 0.1) is 11.3 Å². The summed E-state index contributed by atoms with van der Waals surface area (Å²) in [6.45, 7) is -0.484. The molecule has 80 valence electrons. The fourth-order valence-corrected chi connectivity index (χ4v) is 1.10. The van der Waals surface area contributed by atoms with E-state index in [1.54, 1.807) is 6.07 Å². The fraction of sp³-hybridized carbons (Fsp3) is 0.333. The molecule has 0 aliphatic rings. The van der Waals surface area contributed by atoms with Gasteiger partial charge in [-0.3, -0.25) is 0 Å². The maximum Gasteiger partial charge on any atom is 0.280 e. The number of rotatable bonds is 3. The molecule has 1 rings (SSSR count). The molecule has 0 radical (unpaired) electrons. The number of nitriles is 1. The van der Waals surface area contributed by atoms with Crippen LogP contribution >= 0.6 is 0 Å². The third-order valence-corrected chi connectivity index (χ3v) is 1.80. The molecule has 0 saturated heterocycles. The molecule has 6 heteroatoms. The summed E-state index contributed by atoms with van der Waals surface area (Å²) in [5.41, 5.74) is -0.482. The zero-order chi connectivity index (χ0) is 11.4. The Morgan fingerprint density at radius 1 is 1.67 bits per heavy atom. The fourth-order valence-electron chi connectivity index (χ4n) is 1.10. The van der Waals surface area contributed by atoms with E-state index in [0.29, 0.717) is 0 Å². The summed E-state index contributed by atoms with van der Waals surface area (Å²) in [6, 6.07) is 2.65. The van der Waals surface area contributed by atoms with Gasteiger partial charge in [0.15, 0.2) is 0 Å². The molecule has 0 aliphatic carbocycles. The summed E-state index contributed by atoms with van der Waals surface area (Å²) < 4.78 is 29.4. The van der Waals surface area contributed by atoms with Crippen LogP contribution in [0.25, 0.3) is 0 Å². The number of aromatic nitrogens is 1. The van der Waals surface area contributed by atoms with E-state index >= 15 is 0 Å². The van der Waals surface area contributed by atoms with Crippen LogP contribution in [0.15, 0.2) is 6.07 Å². The number of ether oxygens (including phenoxy) is 1. The van der Waals surface area contributed by atoms with Crippen molar-refractivity contribution < 1.29 is 18.6 Å². The Labute approximate surface area is 84.7 Å². The van der Waals surface area contributed by atoms with Crippen LogP contribution in [0.2, 0.25) is 0 Å². The molecule has 0 atom stereocenters. The van der Waals surface area contributed by atoms with Gasteiger partial charge in [-0.05, 0) is 6.07 Å². The Balaban J connectivity index is 3.37. The average molecular weight is 214 g/mol. The molecule has 0 saturated carbocycles. The Morgan fingerprint density at radius 2 is 2.33 bits per heavy atom. The molecule has 0 aliphatic heterocycles. The van der Waals surface area contributed by atoms with E-state index in [1.807, 2.05) is 0 Å². The molecule has 1 aromatic rings. The molecule has 0 bridgehead atoms. The van der Waals surface area contributed by atoms with E-state index in [-0.39, 0.29) is 17.0 Å². The summed E-state index contributed by atoms with van der Waals surface area (Å²) >= 11 is 0. The van der Waals surface area contributed by atoms with Gasteiger partial charge in [0.2, 0.25) is 5.88 Å². The zero-order valence-corrected chi connectivity index (χ0v) is 7.87. The maximum absolute atomic E-state index is 12.3. The zero-order valence-electron chi connectivity index (χ0n) is 7.87. The highest BCUT2D eigenvalue weighted by atomic mass is 19.3. The molecule has 0 aromatic carbocycles. The lowest BCUT2D eigenvalue weighted by atomic mass is 10.1. The van der Waals surface area contributed by atoms with Crippen LogP contribution < -0.4 is 4.74 Å². The molecule has 0 amide bonds. The van der Waals surface area contributed by atoms with Gasteiger partial charge in [0, 0.05) is 0 Å². The number of halogens is 2. The van der Waals surface area contributed by atoms with Crippen LogP contribution in [0.1, 0.15) is 23.2 Å². The summed E-state index contributed by atoms with van der Waals surface area (Å²) in [4.78, 5) is 3.49. The monoisotopic (exact) mass is 214 g/mol. The highest BCUT2D eigenvalue weighted by molar-refractivity contribution is 5.44. The Morgan fingerprint density at radius 3 is 2.73 bits per heavy atom. The van der Waals surface area contributed by atoms with Crippen molar-refractivity contribution in [2.45, 2.75) is 13.0 Å². The highest BCUT2D eigenvalue weighted by Crippen LogP contribution is 2.25. The van der Waals surface area contributed by atoms with Crippen molar-refractivity contribution in [1.82, 2.24) is 4.98 Å². The van der Waals surface area contributed by atoms with Crippen LogP contribution in [-0.4, -0.2) is 17.2 Å². The third kappa shape index (κ3) is 2.19. The van der Waals surface area contributed by atoms with Crippen LogP contribution in [0.5, 0.6) is 5.88 Å². The van der Waals surface area contributed by atoms with Crippen LogP contribution in [0.4, 0.5) is 8.78 Å². The molecule has 15 heavy (non-hydrogen) atoms. The summed E-state index contributed by atoms with van der Waals surface area (Å²) in [5.74, 6) is -0.146. The summed E-state index contributed by atoms with van der Waals surface area (Å²) in [7, 11) is 1.23. The predicted octanol–water partition coefficient (Wildman–Crippen LogP) is 1.39. The molecule has 0 fully saturated rings. The molecule has 1 N–H and O–H groups in total. The number of aliphatic hydroxyl groups excluding tert-OH is 1. The van der Waals surface area contributed by atoms with Gasteiger partial charge in [-0.2, -0.15) is 5.26 Å². The number of aliphatic hydroxyl groups is 1. The first-order valence-electron chi connectivity index (χ1n) is 4.01. The first kappa shape index (κ1) is 11.3. The lowest BCUT2D eigenvalue weighted by molar-refractivity contribution is 0.144. The number of hydrogen-bond donors (Lipinski definition) is 1. The minimum absolute atomic E-state index is 0.0559. The van der Waals surface area contributed by atoms with Crippen LogP contribution in [-0.2, 0) is 6.61 Å². The van der Waals surface area contributed by atoms with Gasteiger partial charge < -0.3 is 9.84 Å². The van der Waals surface area contributed by atoms with Gasteiger partial charge >= 0.3 is 0 Å².